The SMILES string of the molecule is O=C1C(Nc2cccc(F)c2[N+](=O)[O-])CCN1c1ccccc1. The van der Waals surface area contributed by atoms with Gasteiger partial charge < -0.3 is 10.2 Å². The summed E-state index contributed by atoms with van der Waals surface area (Å²) in [5.74, 6) is -1.11. The molecule has 1 unspecified atom stereocenters. The van der Waals surface area contributed by atoms with Gasteiger partial charge in [-0.25, -0.2) is 0 Å². The number of nitrogens with zero attached hydrogens (tertiary/aromatic N) is 2. The molecule has 0 aromatic heterocycles. The average molecular weight is 315 g/mol. The quantitative estimate of drug-likeness (QED) is 0.695. The number of nitro groups is 1. The van der Waals surface area contributed by atoms with Crippen LogP contribution in [0.5, 0.6) is 0 Å². The van der Waals surface area contributed by atoms with Gasteiger partial charge in [0.25, 0.3) is 0 Å². The summed E-state index contributed by atoms with van der Waals surface area (Å²) >= 11 is 0. The van der Waals surface area contributed by atoms with Crippen LogP contribution in [0.2, 0.25) is 0 Å². The average Bonchev–Trinajstić information content (AvgIpc) is 2.89. The molecule has 2 aromatic carbocycles. The fraction of sp³-hybridized carbons (Fsp3) is 0.188. The maximum absolute atomic E-state index is 13.6. The number of nitrogens with one attached hydrogen (secondary N) is 1. The van der Waals surface area contributed by atoms with E-state index in [1.54, 1.807) is 4.90 Å². The lowest BCUT2D eigenvalue weighted by molar-refractivity contribution is -0.386. The van der Waals surface area contributed by atoms with Crippen molar-refractivity contribution in [1.29, 1.82) is 0 Å². The first-order valence-electron chi connectivity index (χ1n) is 7.14. The molecule has 0 bridgehead atoms. The first-order valence-corrected chi connectivity index (χ1v) is 7.14. The lowest BCUT2D eigenvalue weighted by Crippen LogP contribution is -2.33. The van der Waals surface area contributed by atoms with Crippen molar-refractivity contribution in [2.75, 3.05) is 16.8 Å². The van der Waals surface area contributed by atoms with Crippen LogP contribution in [0, 0.1) is 15.9 Å². The van der Waals surface area contributed by atoms with Crippen molar-refractivity contribution in [1.82, 2.24) is 0 Å². The molecule has 1 aliphatic heterocycles. The molecule has 1 atom stereocenters. The molecular weight excluding hydrogens is 301 g/mol. The molecule has 0 aliphatic carbocycles. The molecule has 1 fully saturated rings. The van der Waals surface area contributed by atoms with E-state index in [-0.39, 0.29) is 11.6 Å². The van der Waals surface area contributed by atoms with Crippen molar-refractivity contribution >= 4 is 23.0 Å². The normalized spacial score (nSPS) is 17.3. The molecule has 0 radical (unpaired) electrons. The van der Waals surface area contributed by atoms with Gasteiger partial charge in [0.15, 0.2) is 0 Å². The number of benzene rings is 2. The minimum absolute atomic E-state index is 0.0169. The van der Waals surface area contributed by atoms with Crippen molar-refractivity contribution in [2.24, 2.45) is 0 Å². The Hall–Kier alpha value is -2.96. The number of carbonyl (C=O) groups excluding carboxylic acids is 1. The number of anilines is 2. The van der Waals surface area contributed by atoms with Crippen LogP contribution in [0.1, 0.15) is 6.42 Å². The van der Waals surface area contributed by atoms with Gasteiger partial charge in [0, 0.05) is 12.2 Å². The summed E-state index contributed by atoms with van der Waals surface area (Å²) in [4.78, 5) is 24.3. The fourth-order valence-electron chi connectivity index (χ4n) is 2.68. The van der Waals surface area contributed by atoms with E-state index < -0.39 is 22.5 Å². The van der Waals surface area contributed by atoms with Crippen molar-refractivity contribution < 1.29 is 14.1 Å². The topological polar surface area (TPSA) is 75.5 Å². The Labute approximate surface area is 131 Å². The predicted molar refractivity (Wildman–Crippen MR) is 83.9 cm³/mol. The molecule has 0 spiro atoms. The summed E-state index contributed by atoms with van der Waals surface area (Å²) in [7, 11) is 0. The van der Waals surface area contributed by atoms with Gasteiger partial charge in [0.2, 0.25) is 11.7 Å². The minimum Gasteiger partial charge on any atom is -0.368 e. The summed E-state index contributed by atoms with van der Waals surface area (Å²) < 4.78 is 13.6. The first-order chi connectivity index (χ1) is 11.1. The van der Waals surface area contributed by atoms with Gasteiger partial charge in [0.05, 0.1) is 4.92 Å². The third kappa shape index (κ3) is 2.85. The first kappa shape index (κ1) is 15.0. The van der Waals surface area contributed by atoms with Crippen molar-refractivity contribution in [3.05, 3.63) is 64.5 Å². The molecule has 1 amide bonds. The molecule has 1 heterocycles. The van der Waals surface area contributed by atoms with Gasteiger partial charge in [-0.15, -0.1) is 0 Å². The summed E-state index contributed by atoms with van der Waals surface area (Å²) in [5.41, 5.74) is 0.150. The highest BCUT2D eigenvalue weighted by Gasteiger charge is 2.34. The zero-order valence-corrected chi connectivity index (χ0v) is 12.1. The number of hydrogen-bond acceptors (Lipinski definition) is 4. The third-order valence-electron chi connectivity index (χ3n) is 3.77. The van der Waals surface area contributed by atoms with Crippen molar-refractivity contribution in [3.8, 4) is 0 Å². The van der Waals surface area contributed by atoms with Gasteiger partial charge in [-0.1, -0.05) is 24.3 Å². The number of amides is 1. The zero-order chi connectivity index (χ0) is 16.4. The second-order valence-electron chi connectivity index (χ2n) is 5.20. The van der Waals surface area contributed by atoms with Crippen LogP contribution in [0.15, 0.2) is 48.5 Å². The van der Waals surface area contributed by atoms with Crippen LogP contribution in [-0.2, 0) is 4.79 Å². The lowest BCUT2D eigenvalue weighted by atomic mass is 10.2. The van der Waals surface area contributed by atoms with E-state index in [9.17, 15) is 19.3 Å². The highest BCUT2D eigenvalue weighted by molar-refractivity contribution is 6.01. The van der Waals surface area contributed by atoms with Crippen LogP contribution in [-0.4, -0.2) is 23.4 Å². The third-order valence-corrected chi connectivity index (χ3v) is 3.77. The molecule has 1 N–H and O–H groups in total. The molecule has 2 aromatic rings. The molecule has 118 valence electrons. The van der Waals surface area contributed by atoms with Crippen molar-refractivity contribution in [2.45, 2.75) is 12.5 Å². The number of halogens is 1. The molecule has 23 heavy (non-hydrogen) atoms. The molecular formula is C16H14FN3O3. The summed E-state index contributed by atoms with van der Waals surface area (Å²) in [5, 5.41) is 13.8. The Bertz CT molecular complexity index is 751. The van der Waals surface area contributed by atoms with Crippen LogP contribution in [0.4, 0.5) is 21.5 Å². The maximum Gasteiger partial charge on any atom is 0.327 e. The summed E-state index contributed by atoms with van der Waals surface area (Å²) in [6.45, 7) is 0.504. The fourth-order valence-corrected chi connectivity index (χ4v) is 2.68. The monoisotopic (exact) mass is 315 g/mol. The van der Waals surface area contributed by atoms with Crippen molar-refractivity contribution in [3.63, 3.8) is 0 Å². The summed E-state index contributed by atoms with van der Waals surface area (Å²) in [6, 6.07) is 12.4. The molecule has 3 rings (SSSR count). The van der Waals surface area contributed by atoms with E-state index in [2.05, 4.69) is 5.32 Å². The van der Waals surface area contributed by atoms with Crippen LogP contribution >= 0.6 is 0 Å². The highest BCUT2D eigenvalue weighted by atomic mass is 19.1. The Morgan fingerprint density at radius 2 is 1.91 bits per heavy atom. The molecule has 6 nitrogen and oxygen atoms in total. The molecule has 1 saturated heterocycles. The lowest BCUT2D eigenvalue weighted by Gasteiger charge is -2.17. The van der Waals surface area contributed by atoms with E-state index in [1.807, 2.05) is 30.3 Å². The number of nitro benzene ring substituents is 1. The molecule has 0 saturated carbocycles. The second-order valence-corrected chi connectivity index (χ2v) is 5.20. The highest BCUT2D eigenvalue weighted by Crippen LogP contribution is 2.30. The number of hydrogen-bond donors (Lipinski definition) is 1. The van der Waals surface area contributed by atoms with Crippen LogP contribution in [0.3, 0.4) is 0 Å². The minimum atomic E-state index is -0.926. The smallest absolute Gasteiger partial charge is 0.327 e. The molecule has 7 heteroatoms. The summed E-state index contributed by atoms with van der Waals surface area (Å²) in [6.07, 6.45) is 0.487. The van der Waals surface area contributed by atoms with Gasteiger partial charge >= 0.3 is 5.69 Å². The number of rotatable bonds is 4. The van der Waals surface area contributed by atoms with Gasteiger partial charge in [-0.05, 0) is 30.7 Å². The standard InChI is InChI=1S/C16H14FN3O3/c17-12-7-4-8-13(15(12)20(22)23)18-14-9-10-19(16(14)21)11-5-2-1-3-6-11/h1-8,14,18H,9-10H2. The Balaban J connectivity index is 1.82. The van der Waals surface area contributed by atoms with E-state index in [0.29, 0.717) is 13.0 Å². The van der Waals surface area contributed by atoms with E-state index >= 15 is 0 Å². The van der Waals surface area contributed by atoms with Gasteiger partial charge in [-0.3, -0.25) is 14.9 Å². The van der Waals surface area contributed by atoms with Crippen LogP contribution < -0.4 is 10.2 Å². The van der Waals surface area contributed by atoms with Crippen LogP contribution in [0.25, 0.3) is 0 Å². The van der Waals surface area contributed by atoms with E-state index in [4.69, 9.17) is 0 Å². The van der Waals surface area contributed by atoms with E-state index in [0.717, 1.165) is 11.8 Å². The molecule has 1 aliphatic rings. The Morgan fingerprint density at radius 1 is 1.17 bits per heavy atom. The Morgan fingerprint density at radius 3 is 2.61 bits per heavy atom. The zero-order valence-electron chi connectivity index (χ0n) is 12.1. The largest absolute Gasteiger partial charge is 0.368 e. The van der Waals surface area contributed by atoms with Gasteiger partial charge in [0.1, 0.15) is 11.7 Å². The second kappa shape index (κ2) is 6.04. The van der Waals surface area contributed by atoms with Gasteiger partial charge in [-0.2, -0.15) is 4.39 Å². The van der Waals surface area contributed by atoms with E-state index in [1.165, 1.54) is 12.1 Å². The number of para-hydroxylation sites is 2. The maximum atomic E-state index is 13.6. The Kier molecular flexibility index (Phi) is 3.92. The number of carbonyl (C=O) groups is 1. The predicted octanol–water partition coefficient (Wildman–Crippen LogP) is 2.95.